The number of nitrogens with zero attached hydrogens (tertiary/aromatic N) is 4. The van der Waals surface area contributed by atoms with Gasteiger partial charge in [0.15, 0.2) is 12.1 Å². The van der Waals surface area contributed by atoms with E-state index >= 15 is 0 Å². The molecule has 8 nitrogen and oxygen atoms in total. The lowest BCUT2D eigenvalue weighted by molar-refractivity contribution is -0.123. The van der Waals surface area contributed by atoms with Gasteiger partial charge in [0.25, 0.3) is 11.8 Å². The number of carbonyl (C=O) groups is 3. The van der Waals surface area contributed by atoms with Crippen molar-refractivity contribution in [3.8, 4) is 0 Å². The average Bonchev–Trinajstić information content (AvgIpc) is 3.21. The number of fused-ring (bicyclic) bond motifs is 1. The third-order valence-corrected chi connectivity index (χ3v) is 5.48. The van der Waals surface area contributed by atoms with Crippen molar-refractivity contribution in [1.82, 2.24) is 5.01 Å². The van der Waals surface area contributed by atoms with Crippen molar-refractivity contribution < 1.29 is 18.8 Å². The maximum Gasteiger partial charge on any atom is 0.263 e. The Hall–Kier alpha value is -3.04. The summed E-state index contributed by atoms with van der Waals surface area (Å²) in [4.78, 5) is 39.0. The Bertz CT molecular complexity index is 1110. The number of hydrogen-bond acceptors (Lipinski definition) is 6. The van der Waals surface area contributed by atoms with E-state index in [0.717, 1.165) is 21.5 Å². The zero-order valence-electron chi connectivity index (χ0n) is 15.5. The van der Waals surface area contributed by atoms with Crippen LogP contribution in [-0.2, 0) is 14.4 Å². The number of amides is 3. The molecular formula is C19H14Cl2FN5O3. The maximum absolute atomic E-state index is 13.3. The molecule has 154 valence electrons. The largest absolute Gasteiger partial charge is 0.324 e. The molecule has 0 saturated carbocycles. The lowest BCUT2D eigenvalue weighted by atomic mass is 10.1. The van der Waals surface area contributed by atoms with Crippen molar-refractivity contribution in [2.24, 2.45) is 10.3 Å². The van der Waals surface area contributed by atoms with Crippen LogP contribution in [0, 0.1) is 12.7 Å². The maximum atomic E-state index is 13.3. The predicted molar refractivity (Wildman–Crippen MR) is 108 cm³/mol. The molecule has 2 aliphatic heterocycles. The van der Waals surface area contributed by atoms with Crippen LogP contribution >= 0.6 is 23.2 Å². The molecule has 1 fully saturated rings. The standard InChI is InChI=1S/C19H14Cl2FN5O3/c1-9-2-4-11(7-12(9)20)27-18(29)16-17(19(27)30)26(25-24-16)8-15(28)23-10-3-5-14(22)13(21)6-10/h2-7,16-17H,8H2,1H3,(H,23,28)/t16-,17+/m0/s1. The van der Waals surface area contributed by atoms with Crippen LogP contribution in [0.25, 0.3) is 0 Å². The summed E-state index contributed by atoms with van der Waals surface area (Å²) in [5, 5.41) is 11.6. The van der Waals surface area contributed by atoms with Gasteiger partial charge in [-0.05, 0) is 42.8 Å². The van der Waals surface area contributed by atoms with Gasteiger partial charge in [-0.3, -0.25) is 19.4 Å². The molecule has 0 bridgehead atoms. The Kier molecular flexibility index (Phi) is 5.17. The first-order valence-corrected chi connectivity index (χ1v) is 9.58. The predicted octanol–water partition coefficient (Wildman–Crippen LogP) is 3.37. The summed E-state index contributed by atoms with van der Waals surface area (Å²) in [6.07, 6.45) is 0. The quantitative estimate of drug-likeness (QED) is 0.723. The van der Waals surface area contributed by atoms with Crippen molar-refractivity contribution in [3.05, 3.63) is 57.8 Å². The number of nitrogens with one attached hydrogen (secondary N) is 1. The van der Waals surface area contributed by atoms with Gasteiger partial charge in [0, 0.05) is 10.7 Å². The Morgan fingerprint density at radius 1 is 1.13 bits per heavy atom. The number of anilines is 2. The van der Waals surface area contributed by atoms with Gasteiger partial charge in [-0.15, -0.1) is 0 Å². The van der Waals surface area contributed by atoms with Gasteiger partial charge < -0.3 is 5.32 Å². The van der Waals surface area contributed by atoms with Crippen LogP contribution in [0.3, 0.4) is 0 Å². The fourth-order valence-electron chi connectivity index (χ4n) is 3.25. The molecule has 30 heavy (non-hydrogen) atoms. The Labute approximate surface area is 180 Å². The minimum absolute atomic E-state index is 0.141. The normalized spacial score (nSPS) is 20.1. The highest BCUT2D eigenvalue weighted by Crippen LogP contribution is 2.33. The molecule has 0 aliphatic carbocycles. The van der Waals surface area contributed by atoms with Crippen molar-refractivity contribution in [2.75, 3.05) is 16.8 Å². The zero-order chi connectivity index (χ0) is 21.6. The SMILES string of the molecule is Cc1ccc(N2C(=O)[C@H]3N=NN(CC(=O)Nc4ccc(F)c(Cl)c4)[C@H]3C2=O)cc1Cl. The summed E-state index contributed by atoms with van der Waals surface area (Å²) >= 11 is 11.8. The van der Waals surface area contributed by atoms with Crippen LogP contribution in [-0.4, -0.2) is 41.4 Å². The molecule has 1 N–H and O–H groups in total. The molecule has 0 aromatic heterocycles. The van der Waals surface area contributed by atoms with E-state index in [-0.39, 0.29) is 17.3 Å². The van der Waals surface area contributed by atoms with E-state index in [4.69, 9.17) is 23.2 Å². The van der Waals surface area contributed by atoms with E-state index in [0.29, 0.717) is 10.7 Å². The average molecular weight is 450 g/mol. The van der Waals surface area contributed by atoms with Gasteiger partial charge in [-0.2, -0.15) is 5.11 Å². The molecule has 2 aliphatic rings. The van der Waals surface area contributed by atoms with Gasteiger partial charge in [-0.25, -0.2) is 9.29 Å². The first kappa shape index (κ1) is 20.2. The fraction of sp³-hybridized carbons (Fsp3) is 0.211. The number of rotatable bonds is 4. The summed E-state index contributed by atoms with van der Waals surface area (Å²) in [6.45, 7) is 1.47. The molecule has 2 atom stereocenters. The van der Waals surface area contributed by atoms with Gasteiger partial charge in [0.1, 0.15) is 12.4 Å². The third-order valence-electron chi connectivity index (χ3n) is 4.78. The van der Waals surface area contributed by atoms with Gasteiger partial charge in [-0.1, -0.05) is 34.5 Å². The fourth-order valence-corrected chi connectivity index (χ4v) is 3.61. The van der Waals surface area contributed by atoms with Crippen LogP contribution in [0.4, 0.5) is 15.8 Å². The lowest BCUT2D eigenvalue weighted by Crippen LogP contribution is -2.43. The highest BCUT2D eigenvalue weighted by atomic mass is 35.5. The minimum atomic E-state index is -1.04. The van der Waals surface area contributed by atoms with Crippen molar-refractivity contribution in [3.63, 3.8) is 0 Å². The Balaban J connectivity index is 1.49. The Morgan fingerprint density at radius 3 is 2.60 bits per heavy atom. The number of hydrogen-bond donors (Lipinski definition) is 1. The van der Waals surface area contributed by atoms with E-state index in [1.165, 1.54) is 18.2 Å². The molecular weight excluding hydrogens is 436 g/mol. The van der Waals surface area contributed by atoms with E-state index < -0.39 is 35.6 Å². The summed E-state index contributed by atoms with van der Waals surface area (Å²) in [5.41, 5.74) is 1.41. The second-order valence-corrected chi connectivity index (χ2v) is 7.63. The first-order valence-electron chi connectivity index (χ1n) is 8.82. The highest BCUT2D eigenvalue weighted by molar-refractivity contribution is 6.32. The summed E-state index contributed by atoms with van der Waals surface area (Å²) < 4.78 is 13.3. The molecule has 1 saturated heterocycles. The van der Waals surface area contributed by atoms with Crippen molar-refractivity contribution in [1.29, 1.82) is 0 Å². The van der Waals surface area contributed by atoms with Crippen LogP contribution in [0.5, 0.6) is 0 Å². The highest BCUT2D eigenvalue weighted by Gasteiger charge is 2.55. The summed E-state index contributed by atoms with van der Waals surface area (Å²) in [7, 11) is 0. The molecule has 2 aromatic rings. The Morgan fingerprint density at radius 2 is 1.90 bits per heavy atom. The second-order valence-electron chi connectivity index (χ2n) is 6.81. The summed E-state index contributed by atoms with van der Waals surface area (Å²) in [6, 6.07) is 6.51. The van der Waals surface area contributed by atoms with Crippen molar-refractivity contribution >= 4 is 52.3 Å². The van der Waals surface area contributed by atoms with Crippen LogP contribution < -0.4 is 10.2 Å². The van der Waals surface area contributed by atoms with Gasteiger partial charge >= 0.3 is 0 Å². The van der Waals surface area contributed by atoms with Crippen LogP contribution in [0.15, 0.2) is 46.7 Å². The topological polar surface area (TPSA) is 94.4 Å². The second kappa shape index (κ2) is 7.66. The van der Waals surface area contributed by atoms with Crippen LogP contribution in [0.1, 0.15) is 5.56 Å². The number of benzene rings is 2. The summed E-state index contributed by atoms with van der Waals surface area (Å²) in [5.74, 6) is -2.24. The lowest BCUT2D eigenvalue weighted by Gasteiger charge is -2.20. The number of carbonyl (C=O) groups excluding carboxylic acids is 3. The van der Waals surface area contributed by atoms with Gasteiger partial charge in [0.2, 0.25) is 5.91 Å². The van der Waals surface area contributed by atoms with Crippen LogP contribution in [0.2, 0.25) is 10.0 Å². The van der Waals surface area contributed by atoms with E-state index in [9.17, 15) is 18.8 Å². The zero-order valence-corrected chi connectivity index (χ0v) is 17.0. The van der Waals surface area contributed by atoms with Crippen molar-refractivity contribution in [2.45, 2.75) is 19.0 Å². The molecule has 0 unspecified atom stereocenters. The van der Waals surface area contributed by atoms with E-state index in [2.05, 4.69) is 15.7 Å². The molecule has 0 spiro atoms. The molecule has 3 amide bonds. The molecule has 2 heterocycles. The number of imide groups is 1. The third kappa shape index (κ3) is 3.50. The van der Waals surface area contributed by atoms with E-state index in [1.54, 1.807) is 19.1 Å². The first-order chi connectivity index (χ1) is 14.3. The monoisotopic (exact) mass is 449 g/mol. The number of halogens is 3. The molecule has 2 aromatic carbocycles. The smallest absolute Gasteiger partial charge is 0.263 e. The minimum Gasteiger partial charge on any atom is -0.324 e. The number of aryl methyl sites for hydroxylation is 1. The van der Waals surface area contributed by atoms with Gasteiger partial charge in [0.05, 0.1) is 10.7 Å². The molecule has 0 radical (unpaired) electrons. The molecule has 4 rings (SSSR count). The molecule has 11 heteroatoms. The van der Waals surface area contributed by atoms with E-state index in [1.807, 2.05) is 0 Å².